The molecule has 2 fully saturated rings. The van der Waals surface area contributed by atoms with Crippen molar-refractivity contribution >= 4 is 32.7 Å². The summed E-state index contributed by atoms with van der Waals surface area (Å²) < 4.78 is 27.6. The summed E-state index contributed by atoms with van der Waals surface area (Å²) in [6, 6.07) is 9.26. The van der Waals surface area contributed by atoms with Gasteiger partial charge in [-0.25, -0.2) is 13.4 Å². The molecule has 2 aliphatic heterocycles. The Kier molecular flexibility index (Phi) is 7.00. The van der Waals surface area contributed by atoms with E-state index in [0.717, 1.165) is 61.8 Å². The number of piperidine rings is 2. The lowest BCUT2D eigenvalue weighted by Gasteiger charge is -2.33. The molecular weight excluding hydrogens is 424 g/mol. The number of amides is 1. The number of nitrogens with zero attached hydrogens (tertiary/aromatic N) is 3. The molecule has 0 aliphatic carbocycles. The normalized spacial score (nSPS) is 21.4. The average molecular weight is 459 g/mol. The third kappa shape index (κ3) is 4.91. The zero-order valence-electron chi connectivity index (χ0n) is 19.1. The van der Waals surface area contributed by atoms with Gasteiger partial charge in [0.1, 0.15) is 5.82 Å². The van der Waals surface area contributed by atoms with Gasteiger partial charge in [-0.2, -0.15) is 4.31 Å². The standard InChI is InChI=1S/C24H34N4O3S/c1-3-18(2)25-24(29)20-8-7-13-27(17-20)23-12-9-19-16-21(10-11-22(19)26-23)32(30,31)28-14-5-4-6-15-28/h9-12,16,18,20H,3-8,13-15,17H2,1-2H3,(H,25,29)/t18-,20+/m1/s1. The second-order valence-electron chi connectivity index (χ2n) is 9.09. The fourth-order valence-electron chi connectivity index (χ4n) is 4.55. The van der Waals surface area contributed by atoms with Crippen LogP contribution in [0.4, 0.5) is 5.82 Å². The summed E-state index contributed by atoms with van der Waals surface area (Å²) in [5, 5.41) is 3.92. The van der Waals surface area contributed by atoms with Crippen LogP contribution >= 0.6 is 0 Å². The lowest BCUT2D eigenvalue weighted by molar-refractivity contribution is -0.125. The van der Waals surface area contributed by atoms with E-state index in [1.54, 1.807) is 22.5 Å². The third-order valence-corrected chi connectivity index (χ3v) is 8.61. The largest absolute Gasteiger partial charge is 0.356 e. The number of carbonyl (C=O) groups is 1. The number of hydrogen-bond donors (Lipinski definition) is 1. The van der Waals surface area contributed by atoms with Crippen molar-refractivity contribution < 1.29 is 13.2 Å². The summed E-state index contributed by atoms with van der Waals surface area (Å²) in [7, 11) is -3.46. The van der Waals surface area contributed by atoms with Crippen LogP contribution in [-0.4, -0.2) is 55.8 Å². The van der Waals surface area contributed by atoms with Gasteiger partial charge >= 0.3 is 0 Å². The van der Waals surface area contributed by atoms with E-state index >= 15 is 0 Å². The maximum Gasteiger partial charge on any atom is 0.243 e. The van der Waals surface area contributed by atoms with Gasteiger partial charge in [0.15, 0.2) is 0 Å². The van der Waals surface area contributed by atoms with Crippen LogP contribution < -0.4 is 10.2 Å². The van der Waals surface area contributed by atoms with E-state index in [9.17, 15) is 13.2 Å². The summed E-state index contributed by atoms with van der Waals surface area (Å²) in [6.45, 7) is 6.81. The molecule has 2 aromatic rings. The number of anilines is 1. The number of carbonyl (C=O) groups excluding carboxylic acids is 1. The first-order valence-electron chi connectivity index (χ1n) is 11.8. The Morgan fingerprint density at radius 3 is 2.66 bits per heavy atom. The van der Waals surface area contributed by atoms with Crippen LogP contribution in [0.5, 0.6) is 0 Å². The molecule has 2 aliphatic rings. The average Bonchev–Trinajstić information content (AvgIpc) is 2.83. The molecule has 0 unspecified atom stereocenters. The topological polar surface area (TPSA) is 82.6 Å². The third-order valence-electron chi connectivity index (χ3n) is 6.72. The Morgan fingerprint density at radius 2 is 1.91 bits per heavy atom. The molecule has 0 bridgehead atoms. The van der Waals surface area contributed by atoms with Crippen LogP contribution in [0, 0.1) is 5.92 Å². The van der Waals surface area contributed by atoms with Gasteiger partial charge in [-0.15, -0.1) is 0 Å². The van der Waals surface area contributed by atoms with Crippen molar-refractivity contribution in [2.45, 2.75) is 63.3 Å². The summed E-state index contributed by atoms with van der Waals surface area (Å²) in [6.07, 6.45) is 5.69. The summed E-state index contributed by atoms with van der Waals surface area (Å²) in [4.78, 5) is 19.9. The van der Waals surface area contributed by atoms with E-state index in [-0.39, 0.29) is 17.9 Å². The fraction of sp³-hybridized carbons (Fsp3) is 0.583. The molecule has 1 amide bonds. The van der Waals surface area contributed by atoms with Crippen LogP contribution in [0.3, 0.4) is 0 Å². The van der Waals surface area contributed by atoms with Crippen molar-refractivity contribution in [2.24, 2.45) is 5.92 Å². The van der Waals surface area contributed by atoms with Crippen molar-refractivity contribution in [3.63, 3.8) is 0 Å². The molecule has 0 radical (unpaired) electrons. The quantitative estimate of drug-likeness (QED) is 0.716. The number of nitrogens with one attached hydrogen (secondary N) is 1. The van der Waals surface area contributed by atoms with Crippen LogP contribution in [0.25, 0.3) is 10.9 Å². The zero-order chi connectivity index (χ0) is 22.7. The predicted octanol–water partition coefficient (Wildman–Crippen LogP) is 3.54. The number of fused-ring (bicyclic) bond motifs is 1. The van der Waals surface area contributed by atoms with Gasteiger partial charge in [0.05, 0.1) is 16.3 Å². The van der Waals surface area contributed by atoms with Crippen molar-refractivity contribution in [1.29, 1.82) is 0 Å². The van der Waals surface area contributed by atoms with E-state index in [2.05, 4.69) is 17.1 Å². The highest BCUT2D eigenvalue weighted by Gasteiger charge is 2.28. The molecule has 4 rings (SSSR count). The highest BCUT2D eigenvalue weighted by molar-refractivity contribution is 7.89. The minimum atomic E-state index is -3.46. The number of pyridine rings is 1. The Morgan fingerprint density at radius 1 is 1.12 bits per heavy atom. The van der Waals surface area contributed by atoms with E-state index in [4.69, 9.17) is 4.98 Å². The first-order valence-corrected chi connectivity index (χ1v) is 13.3. The molecule has 2 saturated heterocycles. The zero-order valence-corrected chi connectivity index (χ0v) is 19.9. The molecule has 32 heavy (non-hydrogen) atoms. The maximum atomic E-state index is 13.0. The summed E-state index contributed by atoms with van der Waals surface area (Å²) >= 11 is 0. The van der Waals surface area contributed by atoms with E-state index in [0.29, 0.717) is 24.5 Å². The molecule has 0 saturated carbocycles. The molecule has 1 aromatic carbocycles. The molecule has 1 aromatic heterocycles. The molecule has 1 N–H and O–H groups in total. The molecule has 2 atom stereocenters. The molecule has 174 valence electrons. The van der Waals surface area contributed by atoms with Gasteiger partial charge in [-0.3, -0.25) is 4.79 Å². The van der Waals surface area contributed by atoms with Crippen molar-refractivity contribution in [3.8, 4) is 0 Å². The van der Waals surface area contributed by atoms with Crippen LogP contribution in [-0.2, 0) is 14.8 Å². The molecule has 3 heterocycles. The van der Waals surface area contributed by atoms with Gasteiger partial charge in [0, 0.05) is 37.6 Å². The maximum absolute atomic E-state index is 13.0. The first kappa shape index (κ1) is 23.0. The number of benzene rings is 1. The molecule has 7 nitrogen and oxygen atoms in total. The van der Waals surface area contributed by atoms with Gasteiger partial charge in [0.2, 0.25) is 15.9 Å². The van der Waals surface area contributed by atoms with Crippen LogP contribution in [0.1, 0.15) is 52.4 Å². The van der Waals surface area contributed by atoms with E-state index < -0.39 is 10.0 Å². The number of aromatic nitrogens is 1. The fourth-order valence-corrected chi connectivity index (χ4v) is 6.10. The minimum Gasteiger partial charge on any atom is -0.356 e. The monoisotopic (exact) mass is 458 g/mol. The van der Waals surface area contributed by atoms with E-state index in [1.807, 2.05) is 19.1 Å². The minimum absolute atomic E-state index is 0.0349. The SMILES string of the molecule is CC[C@@H](C)NC(=O)[C@H]1CCCN(c2ccc3cc(S(=O)(=O)N4CCCCC4)ccc3n2)C1. The molecule has 8 heteroatoms. The van der Waals surface area contributed by atoms with Crippen LogP contribution in [0.15, 0.2) is 35.2 Å². The highest BCUT2D eigenvalue weighted by atomic mass is 32.2. The second kappa shape index (κ2) is 9.75. The Balaban J connectivity index is 1.51. The highest BCUT2D eigenvalue weighted by Crippen LogP contribution is 2.27. The Labute approximate surface area is 191 Å². The lowest BCUT2D eigenvalue weighted by Crippen LogP contribution is -2.45. The smallest absolute Gasteiger partial charge is 0.243 e. The molecular formula is C24H34N4O3S. The predicted molar refractivity (Wildman–Crippen MR) is 127 cm³/mol. The number of sulfonamides is 1. The van der Waals surface area contributed by atoms with Gasteiger partial charge in [-0.05, 0) is 69.4 Å². The van der Waals surface area contributed by atoms with E-state index in [1.165, 1.54) is 0 Å². The lowest BCUT2D eigenvalue weighted by atomic mass is 9.96. The van der Waals surface area contributed by atoms with Gasteiger partial charge in [0.25, 0.3) is 0 Å². The Hall–Kier alpha value is -2.19. The first-order chi connectivity index (χ1) is 15.4. The summed E-state index contributed by atoms with van der Waals surface area (Å²) in [5.74, 6) is 0.926. The van der Waals surface area contributed by atoms with Gasteiger partial charge in [-0.1, -0.05) is 13.3 Å². The number of rotatable bonds is 6. The van der Waals surface area contributed by atoms with Crippen LogP contribution in [0.2, 0.25) is 0 Å². The summed E-state index contributed by atoms with van der Waals surface area (Å²) in [5.41, 5.74) is 0.770. The van der Waals surface area contributed by atoms with Crippen molar-refractivity contribution in [1.82, 2.24) is 14.6 Å². The number of hydrogen-bond acceptors (Lipinski definition) is 5. The molecule has 0 spiro atoms. The van der Waals surface area contributed by atoms with Gasteiger partial charge < -0.3 is 10.2 Å². The van der Waals surface area contributed by atoms with Crippen molar-refractivity contribution in [3.05, 3.63) is 30.3 Å². The Bertz CT molecular complexity index is 1070. The second-order valence-corrected chi connectivity index (χ2v) is 11.0. The van der Waals surface area contributed by atoms with Crippen molar-refractivity contribution in [2.75, 3.05) is 31.1 Å².